The molecule has 1 saturated carbocycles. The van der Waals surface area contributed by atoms with Gasteiger partial charge in [0, 0.05) is 37.4 Å². The van der Waals surface area contributed by atoms with Gasteiger partial charge in [-0.25, -0.2) is 0 Å². The Morgan fingerprint density at radius 1 is 0.839 bits per heavy atom. The van der Waals surface area contributed by atoms with Crippen LogP contribution in [-0.4, -0.2) is 57.3 Å². The molecule has 0 atom stereocenters. The molecule has 6 heteroatoms. The molecule has 1 amide bonds. The largest absolute Gasteiger partial charge is 0.497 e. The molecular weight excluding hydrogens is 392 g/mol. The van der Waals surface area contributed by atoms with E-state index in [-0.39, 0.29) is 12.0 Å². The fourth-order valence-electron chi connectivity index (χ4n) is 4.44. The van der Waals surface area contributed by atoms with Gasteiger partial charge in [-0.05, 0) is 74.6 Å². The van der Waals surface area contributed by atoms with Gasteiger partial charge in [-0.3, -0.25) is 4.79 Å². The van der Waals surface area contributed by atoms with Crippen LogP contribution in [0.2, 0.25) is 0 Å². The molecule has 0 aromatic heterocycles. The monoisotopic (exact) mass is 424 g/mol. The number of nitrogens with zero attached hydrogens (tertiary/aromatic N) is 2. The van der Waals surface area contributed by atoms with E-state index in [0.717, 1.165) is 56.1 Å². The summed E-state index contributed by atoms with van der Waals surface area (Å²) in [5, 5.41) is 0. The molecule has 1 saturated heterocycles. The zero-order chi connectivity index (χ0) is 21.6. The molecule has 4 rings (SSSR count). The molecule has 2 aromatic rings. The van der Waals surface area contributed by atoms with Crippen LogP contribution < -0.4 is 19.1 Å². The van der Waals surface area contributed by atoms with Crippen molar-refractivity contribution in [3.05, 3.63) is 48.0 Å². The van der Waals surface area contributed by atoms with Crippen molar-refractivity contribution in [2.45, 2.75) is 38.2 Å². The normalized spacial score (nSPS) is 17.4. The third kappa shape index (κ3) is 5.06. The summed E-state index contributed by atoms with van der Waals surface area (Å²) in [5.74, 6) is 2.26. The van der Waals surface area contributed by atoms with Crippen molar-refractivity contribution in [2.75, 3.05) is 45.3 Å². The summed E-state index contributed by atoms with van der Waals surface area (Å²) in [6.45, 7) is 3.16. The van der Waals surface area contributed by atoms with Crippen molar-refractivity contribution in [3.63, 3.8) is 0 Å². The molecule has 2 fully saturated rings. The van der Waals surface area contributed by atoms with E-state index >= 15 is 0 Å². The van der Waals surface area contributed by atoms with Crippen molar-refractivity contribution >= 4 is 11.6 Å². The van der Waals surface area contributed by atoms with Gasteiger partial charge >= 0.3 is 0 Å². The number of methoxy groups -OCH3 is 2. The van der Waals surface area contributed by atoms with Gasteiger partial charge in [-0.1, -0.05) is 0 Å². The maximum atomic E-state index is 13.2. The summed E-state index contributed by atoms with van der Waals surface area (Å²) in [7, 11) is 3.30. The molecule has 1 aliphatic heterocycles. The van der Waals surface area contributed by atoms with E-state index in [2.05, 4.69) is 17.0 Å². The summed E-state index contributed by atoms with van der Waals surface area (Å²) in [5.41, 5.74) is 1.80. The van der Waals surface area contributed by atoms with Crippen LogP contribution >= 0.6 is 0 Å². The summed E-state index contributed by atoms with van der Waals surface area (Å²) < 4.78 is 16.9. The van der Waals surface area contributed by atoms with Crippen molar-refractivity contribution in [1.29, 1.82) is 0 Å². The molecule has 0 bridgehead atoms. The average Bonchev–Trinajstić information content (AvgIpc) is 3.20. The molecule has 31 heavy (non-hydrogen) atoms. The van der Waals surface area contributed by atoms with Crippen molar-refractivity contribution in [1.82, 2.24) is 4.90 Å². The van der Waals surface area contributed by atoms with Crippen LogP contribution in [0.3, 0.4) is 0 Å². The molecule has 1 heterocycles. The van der Waals surface area contributed by atoms with E-state index < -0.39 is 0 Å². The molecule has 0 unspecified atom stereocenters. The highest BCUT2D eigenvalue weighted by atomic mass is 16.5. The first-order valence-corrected chi connectivity index (χ1v) is 11.2. The van der Waals surface area contributed by atoms with Crippen molar-refractivity contribution in [2.24, 2.45) is 0 Å². The minimum Gasteiger partial charge on any atom is -0.497 e. The molecule has 2 aromatic carbocycles. The van der Waals surface area contributed by atoms with Gasteiger partial charge in [0.05, 0.1) is 20.3 Å². The quantitative estimate of drug-likeness (QED) is 0.689. The van der Waals surface area contributed by atoms with E-state index in [1.807, 2.05) is 35.2 Å². The Morgan fingerprint density at radius 2 is 1.61 bits per heavy atom. The van der Waals surface area contributed by atoms with E-state index in [9.17, 15) is 4.79 Å². The van der Waals surface area contributed by atoms with Crippen molar-refractivity contribution in [3.8, 4) is 17.2 Å². The average molecular weight is 425 g/mol. The number of hydrogen-bond acceptors (Lipinski definition) is 5. The summed E-state index contributed by atoms with van der Waals surface area (Å²) in [6.07, 6.45) is 5.78. The van der Waals surface area contributed by atoms with Gasteiger partial charge in [0.25, 0.3) is 5.91 Å². The molecule has 166 valence electrons. The molecule has 6 nitrogen and oxygen atoms in total. The van der Waals surface area contributed by atoms with E-state index in [4.69, 9.17) is 14.2 Å². The first kappa shape index (κ1) is 21.3. The third-order valence-corrected chi connectivity index (χ3v) is 6.23. The Hall–Kier alpha value is -2.89. The van der Waals surface area contributed by atoms with Crippen molar-refractivity contribution < 1.29 is 19.0 Å². The van der Waals surface area contributed by atoms with Crippen LogP contribution in [0.5, 0.6) is 17.2 Å². The highest BCUT2D eigenvalue weighted by molar-refractivity contribution is 5.95. The number of carbonyl (C=O) groups excluding carboxylic acids is 1. The number of anilines is 1. The number of benzene rings is 2. The van der Waals surface area contributed by atoms with Crippen LogP contribution in [0.4, 0.5) is 5.69 Å². The molecule has 0 spiro atoms. The van der Waals surface area contributed by atoms with E-state index in [1.54, 1.807) is 14.2 Å². The number of carbonyl (C=O) groups is 1. The Labute approximate surface area is 184 Å². The number of rotatable bonds is 6. The highest BCUT2D eigenvalue weighted by Gasteiger charge is 2.23. The molecule has 1 aliphatic carbocycles. The lowest BCUT2D eigenvalue weighted by Gasteiger charge is -2.24. The van der Waals surface area contributed by atoms with Crippen LogP contribution in [0.1, 0.15) is 42.5 Å². The molecule has 0 radical (unpaired) electrons. The lowest BCUT2D eigenvalue weighted by Crippen LogP contribution is -2.35. The summed E-state index contributed by atoms with van der Waals surface area (Å²) in [6, 6.07) is 13.7. The first-order chi connectivity index (χ1) is 15.2. The molecular formula is C25H32N2O4. The van der Waals surface area contributed by atoms with Gasteiger partial charge < -0.3 is 24.0 Å². The third-order valence-electron chi connectivity index (χ3n) is 6.23. The number of ether oxygens (including phenoxy) is 3. The van der Waals surface area contributed by atoms with E-state index in [1.165, 1.54) is 12.8 Å². The van der Waals surface area contributed by atoms with Crippen LogP contribution in [0.25, 0.3) is 0 Å². The maximum Gasteiger partial charge on any atom is 0.254 e. The Balaban J connectivity index is 1.41. The standard InChI is InChI=1S/C25H32N2O4/c1-29-21-11-9-20(10-12-21)26-14-5-15-27(17-16-26)25(28)19-8-13-23(24(18-19)30-2)31-22-6-3-4-7-22/h8-13,18,22H,3-7,14-17H2,1-2H3. The predicted octanol–water partition coefficient (Wildman–Crippen LogP) is 4.38. The Morgan fingerprint density at radius 3 is 2.32 bits per heavy atom. The maximum absolute atomic E-state index is 13.2. The van der Waals surface area contributed by atoms with Gasteiger partial charge in [-0.15, -0.1) is 0 Å². The molecule has 0 N–H and O–H groups in total. The first-order valence-electron chi connectivity index (χ1n) is 11.2. The van der Waals surface area contributed by atoms with Crippen LogP contribution in [0.15, 0.2) is 42.5 Å². The fourth-order valence-corrected chi connectivity index (χ4v) is 4.44. The summed E-state index contributed by atoms with van der Waals surface area (Å²) >= 11 is 0. The SMILES string of the molecule is COc1ccc(N2CCCN(C(=O)c3ccc(OC4CCCC4)c(OC)c3)CC2)cc1. The van der Waals surface area contributed by atoms with E-state index in [0.29, 0.717) is 17.9 Å². The second-order valence-electron chi connectivity index (χ2n) is 8.22. The fraction of sp³-hybridized carbons (Fsp3) is 0.480. The smallest absolute Gasteiger partial charge is 0.254 e. The molecule has 2 aliphatic rings. The zero-order valence-electron chi connectivity index (χ0n) is 18.5. The highest BCUT2D eigenvalue weighted by Crippen LogP contribution is 2.33. The van der Waals surface area contributed by atoms with Gasteiger partial charge in [0.1, 0.15) is 5.75 Å². The Kier molecular flexibility index (Phi) is 6.85. The minimum atomic E-state index is 0.0438. The second-order valence-corrected chi connectivity index (χ2v) is 8.22. The van der Waals surface area contributed by atoms with Gasteiger partial charge in [0.2, 0.25) is 0 Å². The predicted molar refractivity (Wildman–Crippen MR) is 122 cm³/mol. The summed E-state index contributed by atoms with van der Waals surface area (Å²) in [4.78, 5) is 17.5. The minimum absolute atomic E-state index is 0.0438. The second kappa shape index (κ2) is 9.94. The van der Waals surface area contributed by atoms with Gasteiger partial charge in [0.15, 0.2) is 11.5 Å². The lowest BCUT2D eigenvalue weighted by atomic mass is 10.1. The number of hydrogen-bond donors (Lipinski definition) is 0. The van der Waals surface area contributed by atoms with Gasteiger partial charge in [-0.2, -0.15) is 0 Å². The topological polar surface area (TPSA) is 51.2 Å². The van der Waals surface area contributed by atoms with Crippen LogP contribution in [0, 0.1) is 0 Å². The van der Waals surface area contributed by atoms with Crippen LogP contribution in [-0.2, 0) is 0 Å². The zero-order valence-corrected chi connectivity index (χ0v) is 18.5. The lowest BCUT2D eigenvalue weighted by molar-refractivity contribution is 0.0766. The number of amides is 1. The Bertz CT molecular complexity index is 878.